The van der Waals surface area contributed by atoms with Crippen molar-refractivity contribution in [1.82, 2.24) is 0 Å². The van der Waals surface area contributed by atoms with Gasteiger partial charge in [-0.3, -0.25) is 9.59 Å². The van der Waals surface area contributed by atoms with Crippen molar-refractivity contribution in [2.45, 2.75) is 32.8 Å². The van der Waals surface area contributed by atoms with Crippen LogP contribution in [0.5, 0.6) is 0 Å². The molecule has 3 aliphatic rings. The Morgan fingerprint density at radius 3 is 2.74 bits per heavy atom. The summed E-state index contributed by atoms with van der Waals surface area (Å²) < 4.78 is 5.29. The SMILES string of the molecule is C=C1C(=O)O[C@@H]2C[C@@]3(C)C(=O)C=C[C@@]3(C(C)=O)C[C@@H]12. The van der Waals surface area contributed by atoms with E-state index in [0.29, 0.717) is 18.4 Å². The summed E-state index contributed by atoms with van der Waals surface area (Å²) in [6.45, 7) is 7.09. The molecule has 1 saturated heterocycles. The number of hydrogen-bond acceptors (Lipinski definition) is 4. The van der Waals surface area contributed by atoms with Gasteiger partial charge in [0.2, 0.25) is 0 Å². The lowest BCUT2D eigenvalue weighted by molar-refractivity contribution is -0.153. The van der Waals surface area contributed by atoms with Gasteiger partial charge in [-0.2, -0.15) is 0 Å². The van der Waals surface area contributed by atoms with E-state index < -0.39 is 16.8 Å². The van der Waals surface area contributed by atoms with Crippen LogP contribution in [0.25, 0.3) is 0 Å². The molecule has 0 unspecified atom stereocenters. The predicted octanol–water partition coefficient (Wildman–Crippen LogP) is 1.60. The molecule has 1 heterocycles. The monoisotopic (exact) mass is 260 g/mol. The van der Waals surface area contributed by atoms with Gasteiger partial charge in [0, 0.05) is 16.9 Å². The van der Waals surface area contributed by atoms with E-state index in [9.17, 15) is 14.4 Å². The van der Waals surface area contributed by atoms with Crippen LogP contribution >= 0.6 is 0 Å². The molecular formula is C15H16O4. The maximum atomic E-state index is 12.2. The van der Waals surface area contributed by atoms with Gasteiger partial charge in [-0.25, -0.2) is 4.79 Å². The highest BCUT2D eigenvalue weighted by molar-refractivity contribution is 6.06. The molecule has 0 N–H and O–H groups in total. The number of fused-ring (bicyclic) bond motifs is 2. The smallest absolute Gasteiger partial charge is 0.334 e. The molecule has 0 aromatic rings. The Morgan fingerprint density at radius 2 is 2.11 bits per heavy atom. The van der Waals surface area contributed by atoms with E-state index >= 15 is 0 Å². The summed E-state index contributed by atoms with van der Waals surface area (Å²) in [4.78, 5) is 36.0. The molecule has 2 aliphatic carbocycles. The summed E-state index contributed by atoms with van der Waals surface area (Å²) in [6.07, 6.45) is 3.75. The van der Waals surface area contributed by atoms with E-state index in [2.05, 4.69) is 6.58 Å². The van der Waals surface area contributed by atoms with Crippen LogP contribution in [0.4, 0.5) is 0 Å². The number of ether oxygens (including phenoxy) is 1. The Balaban J connectivity index is 2.10. The van der Waals surface area contributed by atoms with Crippen LogP contribution in [0.2, 0.25) is 0 Å². The Kier molecular flexibility index (Phi) is 2.23. The molecule has 100 valence electrons. The van der Waals surface area contributed by atoms with Crippen molar-refractivity contribution < 1.29 is 19.1 Å². The molecule has 0 radical (unpaired) electrons. The third-order valence-electron chi connectivity index (χ3n) is 5.24. The minimum absolute atomic E-state index is 0.0253. The third kappa shape index (κ3) is 1.26. The first-order chi connectivity index (χ1) is 8.82. The normalized spacial score (nSPS) is 44.0. The van der Waals surface area contributed by atoms with Crippen molar-refractivity contribution in [2.24, 2.45) is 16.7 Å². The highest BCUT2D eigenvalue weighted by atomic mass is 16.6. The number of hydrogen-bond donors (Lipinski definition) is 0. The summed E-state index contributed by atoms with van der Waals surface area (Å²) in [5, 5.41) is 0. The second-order valence-corrected chi connectivity index (χ2v) is 6.04. The summed E-state index contributed by atoms with van der Waals surface area (Å²) in [7, 11) is 0. The average Bonchev–Trinajstić information content (AvgIpc) is 2.75. The van der Waals surface area contributed by atoms with Gasteiger partial charge in [0.1, 0.15) is 11.9 Å². The summed E-state index contributed by atoms with van der Waals surface area (Å²) in [5.41, 5.74) is -1.16. The highest BCUT2D eigenvalue weighted by Gasteiger charge is 2.64. The third-order valence-corrected chi connectivity index (χ3v) is 5.24. The molecule has 3 rings (SSSR count). The molecule has 1 aliphatic heterocycles. The number of rotatable bonds is 1. The zero-order chi connectivity index (χ0) is 14.0. The van der Waals surface area contributed by atoms with Crippen molar-refractivity contribution in [1.29, 1.82) is 0 Å². The average molecular weight is 260 g/mol. The first-order valence-corrected chi connectivity index (χ1v) is 6.46. The molecule has 0 spiro atoms. The number of esters is 1. The molecule has 0 aromatic heterocycles. The second kappa shape index (κ2) is 3.44. The first-order valence-electron chi connectivity index (χ1n) is 6.46. The van der Waals surface area contributed by atoms with Crippen molar-refractivity contribution in [3.05, 3.63) is 24.3 Å². The fourth-order valence-electron chi connectivity index (χ4n) is 3.89. The van der Waals surface area contributed by atoms with Crippen molar-refractivity contribution in [2.75, 3.05) is 0 Å². The zero-order valence-electron chi connectivity index (χ0n) is 11.1. The van der Waals surface area contributed by atoms with Gasteiger partial charge in [-0.1, -0.05) is 19.6 Å². The van der Waals surface area contributed by atoms with E-state index in [-0.39, 0.29) is 23.6 Å². The van der Waals surface area contributed by atoms with E-state index in [1.807, 2.05) is 6.92 Å². The van der Waals surface area contributed by atoms with Gasteiger partial charge in [0.15, 0.2) is 5.78 Å². The molecular weight excluding hydrogens is 244 g/mol. The van der Waals surface area contributed by atoms with Gasteiger partial charge >= 0.3 is 5.97 Å². The van der Waals surface area contributed by atoms with E-state index in [1.54, 1.807) is 6.08 Å². The van der Waals surface area contributed by atoms with Gasteiger partial charge in [-0.15, -0.1) is 0 Å². The molecule has 2 fully saturated rings. The van der Waals surface area contributed by atoms with Crippen LogP contribution in [0, 0.1) is 16.7 Å². The fourth-order valence-corrected chi connectivity index (χ4v) is 3.89. The number of allylic oxidation sites excluding steroid dienone is 2. The van der Waals surface area contributed by atoms with Gasteiger partial charge in [0.05, 0.1) is 5.41 Å². The van der Waals surface area contributed by atoms with Crippen molar-refractivity contribution in [3.63, 3.8) is 0 Å². The quantitative estimate of drug-likeness (QED) is 0.530. The van der Waals surface area contributed by atoms with Gasteiger partial charge in [-0.05, 0) is 25.8 Å². The Morgan fingerprint density at radius 1 is 1.42 bits per heavy atom. The lowest BCUT2D eigenvalue weighted by Gasteiger charge is -2.47. The first kappa shape index (κ1) is 12.3. The van der Waals surface area contributed by atoms with Crippen molar-refractivity contribution >= 4 is 17.5 Å². The molecule has 1 saturated carbocycles. The minimum Gasteiger partial charge on any atom is -0.458 e. The van der Waals surface area contributed by atoms with Gasteiger partial charge < -0.3 is 4.74 Å². The lowest BCUT2D eigenvalue weighted by atomic mass is 9.53. The molecule has 19 heavy (non-hydrogen) atoms. The maximum Gasteiger partial charge on any atom is 0.334 e. The standard InChI is InChI=1S/C15H16O4/c1-8-10-6-15(9(2)16)5-4-12(17)14(15,3)7-11(10)19-13(8)18/h4-5,10-11H,1,6-7H2,2-3H3/t10-,11+,14-,15-/m0/s1. The Labute approximate surface area is 111 Å². The summed E-state index contributed by atoms with van der Waals surface area (Å²) >= 11 is 0. The van der Waals surface area contributed by atoms with Crippen LogP contribution in [0.1, 0.15) is 26.7 Å². The lowest BCUT2D eigenvalue weighted by Crippen LogP contribution is -2.52. The largest absolute Gasteiger partial charge is 0.458 e. The zero-order valence-corrected chi connectivity index (χ0v) is 11.1. The molecule has 4 heteroatoms. The second-order valence-electron chi connectivity index (χ2n) is 6.04. The van der Waals surface area contributed by atoms with Crippen LogP contribution < -0.4 is 0 Å². The molecule has 0 amide bonds. The van der Waals surface area contributed by atoms with Gasteiger partial charge in [0.25, 0.3) is 0 Å². The van der Waals surface area contributed by atoms with Crippen molar-refractivity contribution in [3.8, 4) is 0 Å². The number of Topliss-reactive ketones (excluding diaryl/α,β-unsaturated/α-hetero) is 1. The number of carbonyl (C=O) groups is 3. The minimum atomic E-state index is -0.803. The highest BCUT2D eigenvalue weighted by Crippen LogP contribution is 2.60. The summed E-state index contributed by atoms with van der Waals surface area (Å²) in [6, 6.07) is 0. The van der Waals surface area contributed by atoms with E-state index in [1.165, 1.54) is 13.0 Å². The summed E-state index contributed by atoms with van der Waals surface area (Å²) in [5.74, 6) is -0.619. The topological polar surface area (TPSA) is 60.4 Å². The van der Waals surface area contributed by atoms with Crippen LogP contribution in [-0.2, 0) is 19.1 Å². The number of ketones is 2. The van der Waals surface area contributed by atoms with Crippen LogP contribution in [0.3, 0.4) is 0 Å². The van der Waals surface area contributed by atoms with Crippen LogP contribution in [-0.4, -0.2) is 23.6 Å². The van der Waals surface area contributed by atoms with E-state index in [0.717, 1.165) is 0 Å². The Bertz CT molecular complexity index is 558. The number of carbonyl (C=O) groups excluding carboxylic acids is 3. The molecule has 4 atom stereocenters. The van der Waals surface area contributed by atoms with Crippen LogP contribution in [0.15, 0.2) is 24.3 Å². The predicted molar refractivity (Wildman–Crippen MR) is 67.1 cm³/mol. The Hall–Kier alpha value is -1.71. The van der Waals surface area contributed by atoms with E-state index in [4.69, 9.17) is 4.74 Å². The molecule has 0 bridgehead atoms. The maximum absolute atomic E-state index is 12.2. The molecule has 0 aromatic carbocycles. The molecule has 4 nitrogen and oxygen atoms in total. The fraction of sp³-hybridized carbons (Fsp3) is 0.533.